The van der Waals surface area contributed by atoms with Crippen LogP contribution in [0.1, 0.15) is 20.8 Å². The Kier molecular flexibility index (Phi) is 8.10. The summed E-state index contributed by atoms with van der Waals surface area (Å²) >= 11 is 0. The second kappa shape index (κ2) is 6.25. The summed E-state index contributed by atoms with van der Waals surface area (Å²) in [4.78, 5) is 31.9. The second-order valence-corrected chi connectivity index (χ2v) is 2.64. The number of carbonyl (C=O) groups excluding carboxylic acids is 3. The van der Waals surface area contributed by atoms with Crippen LogP contribution >= 0.6 is 0 Å². The van der Waals surface area contributed by atoms with Gasteiger partial charge in [-0.2, -0.15) is 0 Å². The van der Waals surface area contributed by atoms with Gasteiger partial charge in [0, 0.05) is 0 Å². The van der Waals surface area contributed by atoms with E-state index in [-0.39, 0.29) is 68.4 Å². The van der Waals surface area contributed by atoms with Gasteiger partial charge in [-0.3, -0.25) is 0 Å². The molecule has 0 aromatic carbocycles. The van der Waals surface area contributed by atoms with Gasteiger partial charge in [-0.25, -0.2) is 0 Å². The molecule has 5 heteroatoms. The molecular formula is C6H10BKO3. The number of hydrogen-bond donors (Lipinski definition) is 0. The molecule has 11 heavy (non-hydrogen) atoms. The van der Waals surface area contributed by atoms with Crippen LogP contribution in [0.15, 0.2) is 0 Å². The van der Waals surface area contributed by atoms with E-state index in [9.17, 15) is 14.4 Å². The first-order chi connectivity index (χ1) is 4.46. The van der Waals surface area contributed by atoms with Gasteiger partial charge in [-0.1, -0.05) is 0 Å². The van der Waals surface area contributed by atoms with Crippen molar-refractivity contribution in [1.82, 2.24) is 0 Å². The fraction of sp³-hybridized carbons (Fsp3) is 0.500. The van der Waals surface area contributed by atoms with E-state index in [1.54, 1.807) is 0 Å². The third-order valence-corrected chi connectivity index (χ3v) is 1.49. The minimum Gasteiger partial charge on any atom is -0.346 e. The molecule has 0 aliphatic carbocycles. The summed E-state index contributed by atoms with van der Waals surface area (Å²) < 4.78 is 0. The van der Waals surface area contributed by atoms with E-state index in [4.69, 9.17) is 0 Å². The van der Waals surface area contributed by atoms with Gasteiger partial charge in [0.1, 0.15) is 0 Å². The van der Waals surface area contributed by atoms with Crippen molar-refractivity contribution in [3.63, 3.8) is 0 Å². The molecule has 0 aliphatic heterocycles. The molecule has 0 saturated heterocycles. The van der Waals surface area contributed by atoms with Gasteiger partial charge >= 0.3 is 51.4 Å². The second-order valence-electron chi connectivity index (χ2n) is 2.64. The van der Waals surface area contributed by atoms with Gasteiger partial charge in [0.25, 0.3) is 0 Å². The largest absolute Gasteiger partial charge is 1.00 e. The number of rotatable bonds is 3. The summed E-state index contributed by atoms with van der Waals surface area (Å²) in [6, 6.07) is 0. The summed E-state index contributed by atoms with van der Waals surface area (Å²) in [5.41, 5.74) is -0.875. The van der Waals surface area contributed by atoms with Crippen molar-refractivity contribution in [2.45, 2.75) is 20.8 Å². The van der Waals surface area contributed by atoms with Gasteiger partial charge in [0.2, 0.25) is 0 Å². The maximum absolute atomic E-state index is 10.6. The molecule has 0 aliphatic rings. The van der Waals surface area contributed by atoms with E-state index in [2.05, 4.69) is 0 Å². The SMILES string of the molecule is CC(=O)[BH-](C(C)=O)C(C)=O.[K+]. The fourth-order valence-corrected chi connectivity index (χ4v) is 1.05. The molecule has 0 N–H and O–H groups in total. The molecule has 0 atom stereocenters. The Labute approximate surface area is 109 Å². The average molecular weight is 180 g/mol. The van der Waals surface area contributed by atoms with Gasteiger partial charge < -0.3 is 14.4 Å². The minimum atomic E-state index is -1.83. The van der Waals surface area contributed by atoms with Crippen molar-refractivity contribution in [3.05, 3.63) is 0 Å². The Balaban J connectivity index is 0. The van der Waals surface area contributed by atoms with E-state index in [0.717, 1.165) is 0 Å². The van der Waals surface area contributed by atoms with Gasteiger partial charge in [-0.15, -0.1) is 0 Å². The molecular weight excluding hydrogens is 170 g/mol. The summed E-state index contributed by atoms with van der Waals surface area (Å²) in [7, 11) is 0. The molecule has 0 spiro atoms. The average Bonchev–Trinajstić information content (AvgIpc) is 1.59. The molecule has 0 bridgehead atoms. The van der Waals surface area contributed by atoms with E-state index >= 15 is 0 Å². The van der Waals surface area contributed by atoms with Gasteiger partial charge in [0.15, 0.2) is 6.71 Å². The molecule has 0 rings (SSSR count). The minimum absolute atomic E-state index is 0. The molecule has 0 aromatic rings. The van der Waals surface area contributed by atoms with Gasteiger partial charge in [0.05, 0.1) is 0 Å². The van der Waals surface area contributed by atoms with Crippen LogP contribution in [0.3, 0.4) is 0 Å². The predicted molar refractivity (Wildman–Crippen MR) is 39.2 cm³/mol. The van der Waals surface area contributed by atoms with Gasteiger partial charge in [-0.05, 0) is 37.8 Å². The first-order valence-corrected chi connectivity index (χ1v) is 3.17. The van der Waals surface area contributed by atoms with Crippen LogP contribution in [0.2, 0.25) is 0 Å². The molecule has 0 unspecified atom stereocenters. The Hall–Kier alpha value is 0.711. The quantitative estimate of drug-likeness (QED) is 0.425. The standard InChI is InChI=1S/C6H10BO3.K/c1-4(8)7(5(2)9)6(3)10;/h7H,1-3H3;/q-1;+1. The van der Waals surface area contributed by atoms with E-state index in [0.29, 0.717) is 0 Å². The Bertz CT molecular complexity index is 157. The first kappa shape index (κ1) is 14.2. The van der Waals surface area contributed by atoms with E-state index in [1.807, 2.05) is 0 Å². The Morgan fingerprint density at radius 3 is 1.00 bits per heavy atom. The van der Waals surface area contributed by atoms with Crippen molar-refractivity contribution in [1.29, 1.82) is 0 Å². The molecule has 0 amide bonds. The van der Waals surface area contributed by atoms with Crippen molar-refractivity contribution in [2.75, 3.05) is 0 Å². The van der Waals surface area contributed by atoms with E-state index in [1.165, 1.54) is 20.8 Å². The molecule has 0 aromatic heterocycles. The monoisotopic (exact) mass is 180 g/mol. The molecule has 0 heterocycles. The molecule has 0 radical (unpaired) electrons. The maximum Gasteiger partial charge on any atom is 1.00 e. The van der Waals surface area contributed by atoms with E-state index < -0.39 is 6.71 Å². The zero-order valence-electron chi connectivity index (χ0n) is 7.43. The predicted octanol–water partition coefficient (Wildman–Crippen LogP) is -3.40. The number of carbonyl (C=O) groups is 3. The summed E-state index contributed by atoms with van der Waals surface area (Å²) in [6.45, 7) is 2.01. The summed E-state index contributed by atoms with van der Waals surface area (Å²) in [5.74, 6) is 0. The Morgan fingerprint density at radius 1 is 0.818 bits per heavy atom. The molecule has 0 fully saturated rings. The number of hydrogen-bond acceptors (Lipinski definition) is 3. The zero-order valence-corrected chi connectivity index (χ0v) is 10.6. The topological polar surface area (TPSA) is 51.2 Å². The molecule has 56 valence electrons. The van der Waals surface area contributed by atoms with Crippen molar-refractivity contribution >= 4 is 23.8 Å². The van der Waals surface area contributed by atoms with Crippen LogP contribution < -0.4 is 51.4 Å². The fourth-order valence-electron chi connectivity index (χ4n) is 1.05. The molecule has 3 nitrogen and oxygen atoms in total. The van der Waals surface area contributed by atoms with Crippen molar-refractivity contribution in [3.8, 4) is 0 Å². The van der Waals surface area contributed by atoms with Crippen LogP contribution in [0, 0.1) is 0 Å². The van der Waals surface area contributed by atoms with Crippen LogP contribution in [-0.4, -0.2) is 23.8 Å². The normalized spacial score (nSPS) is 8.73. The smallest absolute Gasteiger partial charge is 0.346 e. The van der Waals surface area contributed by atoms with Crippen molar-refractivity contribution in [2.24, 2.45) is 0 Å². The van der Waals surface area contributed by atoms with Crippen LogP contribution in [-0.2, 0) is 14.4 Å². The third kappa shape index (κ3) is 5.03. The first-order valence-electron chi connectivity index (χ1n) is 3.17. The van der Waals surface area contributed by atoms with Crippen LogP contribution in [0.5, 0.6) is 0 Å². The molecule has 0 saturated carbocycles. The van der Waals surface area contributed by atoms with Crippen LogP contribution in [0.25, 0.3) is 0 Å². The third-order valence-electron chi connectivity index (χ3n) is 1.49. The Morgan fingerprint density at radius 2 is 1.00 bits per heavy atom. The maximum atomic E-state index is 10.6. The van der Waals surface area contributed by atoms with Crippen molar-refractivity contribution < 1.29 is 65.8 Å². The zero-order chi connectivity index (χ0) is 8.31. The van der Waals surface area contributed by atoms with Crippen LogP contribution in [0.4, 0.5) is 0 Å². The summed E-state index contributed by atoms with van der Waals surface area (Å²) in [5, 5.41) is 0. The summed E-state index contributed by atoms with van der Waals surface area (Å²) in [6.07, 6.45) is 0.